The van der Waals surface area contributed by atoms with Crippen LogP contribution < -0.4 is 10.2 Å². The minimum absolute atomic E-state index is 0.398. The minimum atomic E-state index is 0.398. The highest BCUT2D eigenvalue weighted by atomic mass is 79.9. The summed E-state index contributed by atoms with van der Waals surface area (Å²) in [6.07, 6.45) is 5.22. The molecule has 2 nitrogen and oxygen atoms in total. The monoisotopic (exact) mass is 324 g/mol. The van der Waals surface area contributed by atoms with E-state index >= 15 is 0 Å². The number of hydrogen-bond donors (Lipinski definition) is 1. The molecule has 0 heterocycles. The Hall–Kier alpha value is -0.540. The third-order valence-electron chi connectivity index (χ3n) is 4.16. The number of nitrogens with zero attached hydrogens (tertiary/aromatic N) is 1. The second-order valence-corrected chi connectivity index (χ2v) is 6.49. The van der Waals surface area contributed by atoms with E-state index in [0.717, 1.165) is 12.6 Å². The van der Waals surface area contributed by atoms with Gasteiger partial charge < -0.3 is 10.2 Å². The molecule has 1 saturated carbocycles. The van der Waals surface area contributed by atoms with E-state index in [0.29, 0.717) is 6.04 Å². The average Bonchev–Trinajstić information content (AvgIpc) is 2.33. The van der Waals surface area contributed by atoms with E-state index in [1.54, 1.807) is 0 Å². The Bertz CT molecular complexity index is 415. The lowest BCUT2D eigenvalue weighted by Gasteiger charge is -2.38. The molecule has 19 heavy (non-hydrogen) atoms. The van der Waals surface area contributed by atoms with Gasteiger partial charge in [0.05, 0.1) is 0 Å². The molecule has 106 valence electrons. The first-order valence-corrected chi connectivity index (χ1v) is 8.18. The van der Waals surface area contributed by atoms with Gasteiger partial charge in [0.25, 0.3) is 0 Å². The van der Waals surface area contributed by atoms with Gasteiger partial charge in [-0.3, -0.25) is 0 Å². The summed E-state index contributed by atoms with van der Waals surface area (Å²) in [6, 6.07) is 7.80. The Morgan fingerprint density at radius 1 is 1.42 bits per heavy atom. The maximum atomic E-state index is 3.60. The van der Waals surface area contributed by atoms with Crippen LogP contribution in [0.3, 0.4) is 0 Å². The van der Waals surface area contributed by atoms with Crippen LogP contribution in [0.4, 0.5) is 5.69 Å². The van der Waals surface area contributed by atoms with Crippen LogP contribution in [0.15, 0.2) is 22.7 Å². The molecule has 0 aromatic heterocycles. The smallest absolute Gasteiger partial charge is 0.0415 e. The molecule has 3 heteroatoms. The van der Waals surface area contributed by atoms with Gasteiger partial charge in [0, 0.05) is 29.3 Å². The van der Waals surface area contributed by atoms with Crippen molar-refractivity contribution in [1.82, 2.24) is 5.32 Å². The summed E-state index contributed by atoms with van der Waals surface area (Å²) in [7, 11) is 2.24. The van der Waals surface area contributed by atoms with Gasteiger partial charge in [-0.2, -0.15) is 0 Å². The summed E-state index contributed by atoms with van der Waals surface area (Å²) < 4.78 is 1.17. The van der Waals surface area contributed by atoms with Crippen LogP contribution in [0.1, 0.15) is 51.1 Å². The second kappa shape index (κ2) is 6.76. The molecule has 2 rings (SSSR count). The van der Waals surface area contributed by atoms with E-state index in [1.165, 1.54) is 41.4 Å². The molecule has 0 spiro atoms. The van der Waals surface area contributed by atoms with E-state index in [-0.39, 0.29) is 0 Å². The highest BCUT2D eigenvalue weighted by Crippen LogP contribution is 2.34. The first-order chi connectivity index (χ1) is 9.13. The van der Waals surface area contributed by atoms with Crippen LogP contribution >= 0.6 is 15.9 Å². The summed E-state index contributed by atoms with van der Waals surface area (Å²) >= 11 is 3.60. The molecule has 1 aliphatic rings. The summed E-state index contributed by atoms with van der Waals surface area (Å²) in [4.78, 5) is 2.47. The fourth-order valence-corrected chi connectivity index (χ4v) is 3.01. The van der Waals surface area contributed by atoms with Crippen molar-refractivity contribution >= 4 is 21.6 Å². The zero-order valence-electron chi connectivity index (χ0n) is 12.2. The van der Waals surface area contributed by atoms with Gasteiger partial charge in [-0.15, -0.1) is 0 Å². The van der Waals surface area contributed by atoms with Crippen molar-refractivity contribution in [2.75, 3.05) is 18.5 Å². The molecule has 0 radical (unpaired) electrons. The third kappa shape index (κ3) is 3.51. The Kier molecular flexibility index (Phi) is 5.28. The van der Waals surface area contributed by atoms with Gasteiger partial charge in [0.1, 0.15) is 0 Å². The normalized spacial score (nSPS) is 17.1. The first-order valence-electron chi connectivity index (χ1n) is 7.39. The van der Waals surface area contributed by atoms with Crippen LogP contribution in [-0.2, 0) is 0 Å². The number of anilines is 1. The number of rotatable bonds is 6. The van der Waals surface area contributed by atoms with Crippen molar-refractivity contribution in [2.24, 2.45) is 0 Å². The molecule has 1 fully saturated rings. The second-order valence-electron chi connectivity index (χ2n) is 5.57. The van der Waals surface area contributed by atoms with E-state index in [2.05, 4.69) is 65.2 Å². The third-order valence-corrected chi connectivity index (χ3v) is 4.65. The predicted octanol–water partition coefficient (Wildman–Crippen LogP) is 4.50. The minimum Gasteiger partial charge on any atom is -0.371 e. The number of halogens is 1. The van der Waals surface area contributed by atoms with E-state index in [1.807, 2.05) is 0 Å². The van der Waals surface area contributed by atoms with Crippen molar-refractivity contribution in [1.29, 1.82) is 0 Å². The number of hydrogen-bond acceptors (Lipinski definition) is 2. The van der Waals surface area contributed by atoms with Gasteiger partial charge in [-0.1, -0.05) is 22.9 Å². The van der Waals surface area contributed by atoms with E-state index < -0.39 is 0 Å². The zero-order valence-corrected chi connectivity index (χ0v) is 13.8. The largest absolute Gasteiger partial charge is 0.371 e. The Morgan fingerprint density at radius 2 is 2.16 bits per heavy atom. The molecule has 1 aromatic carbocycles. The van der Waals surface area contributed by atoms with Gasteiger partial charge in [-0.25, -0.2) is 0 Å². The summed E-state index contributed by atoms with van der Waals surface area (Å²) in [5, 5.41) is 3.60. The fourth-order valence-electron chi connectivity index (χ4n) is 2.63. The molecule has 1 N–H and O–H groups in total. The number of nitrogens with one attached hydrogen (secondary N) is 1. The Morgan fingerprint density at radius 3 is 2.74 bits per heavy atom. The summed E-state index contributed by atoms with van der Waals surface area (Å²) in [5.74, 6) is 0. The molecular formula is C16H25BrN2. The van der Waals surface area contributed by atoms with Crippen molar-refractivity contribution in [3.05, 3.63) is 28.2 Å². The van der Waals surface area contributed by atoms with Gasteiger partial charge in [0.2, 0.25) is 0 Å². The Balaban J connectivity index is 2.21. The topological polar surface area (TPSA) is 15.3 Å². The molecule has 1 aromatic rings. The van der Waals surface area contributed by atoms with Crippen molar-refractivity contribution in [2.45, 2.75) is 51.6 Å². The van der Waals surface area contributed by atoms with Crippen molar-refractivity contribution in [3.63, 3.8) is 0 Å². The standard InChI is InChI=1S/C16H25BrN2/c1-4-10-18-12(2)15-11-13(17)8-9-16(15)19(3)14-6-5-7-14/h8-9,11-12,14,18H,4-7,10H2,1-3H3. The van der Waals surface area contributed by atoms with E-state index in [4.69, 9.17) is 0 Å². The SMILES string of the molecule is CCCNC(C)c1cc(Br)ccc1N(C)C1CCC1. The molecule has 1 unspecified atom stereocenters. The van der Waals surface area contributed by atoms with Crippen LogP contribution in [-0.4, -0.2) is 19.6 Å². The van der Waals surface area contributed by atoms with Crippen molar-refractivity contribution in [3.8, 4) is 0 Å². The highest BCUT2D eigenvalue weighted by molar-refractivity contribution is 9.10. The van der Waals surface area contributed by atoms with Crippen molar-refractivity contribution < 1.29 is 0 Å². The van der Waals surface area contributed by atoms with Crippen LogP contribution in [0, 0.1) is 0 Å². The Labute approximate surface area is 125 Å². The van der Waals surface area contributed by atoms with Crippen LogP contribution in [0.5, 0.6) is 0 Å². The maximum Gasteiger partial charge on any atom is 0.0415 e. The lowest BCUT2D eigenvalue weighted by molar-refractivity contribution is 0.400. The molecule has 0 bridgehead atoms. The molecule has 1 atom stereocenters. The first kappa shape index (κ1) is 14.9. The van der Waals surface area contributed by atoms with Gasteiger partial charge in [0.15, 0.2) is 0 Å². The molecule has 0 aliphatic heterocycles. The fraction of sp³-hybridized carbons (Fsp3) is 0.625. The summed E-state index contributed by atoms with van der Waals surface area (Å²) in [6.45, 7) is 5.54. The average molecular weight is 325 g/mol. The van der Waals surface area contributed by atoms with Gasteiger partial charge >= 0.3 is 0 Å². The molecule has 1 aliphatic carbocycles. The molecule has 0 saturated heterocycles. The van der Waals surface area contributed by atoms with Crippen LogP contribution in [0.2, 0.25) is 0 Å². The quantitative estimate of drug-likeness (QED) is 0.828. The van der Waals surface area contributed by atoms with Crippen LogP contribution in [0.25, 0.3) is 0 Å². The lowest BCUT2D eigenvalue weighted by Crippen LogP contribution is -2.38. The van der Waals surface area contributed by atoms with E-state index in [9.17, 15) is 0 Å². The summed E-state index contributed by atoms with van der Waals surface area (Å²) in [5.41, 5.74) is 2.78. The lowest BCUT2D eigenvalue weighted by atomic mass is 9.90. The maximum absolute atomic E-state index is 3.60. The predicted molar refractivity (Wildman–Crippen MR) is 86.9 cm³/mol. The zero-order chi connectivity index (χ0) is 13.8. The number of benzene rings is 1. The highest BCUT2D eigenvalue weighted by Gasteiger charge is 2.24. The molecule has 0 amide bonds. The molecular weight excluding hydrogens is 300 g/mol. The van der Waals surface area contributed by atoms with Gasteiger partial charge in [-0.05, 0) is 62.9 Å².